The van der Waals surface area contributed by atoms with Crippen LogP contribution >= 0.6 is 0 Å². The largest absolute Gasteiger partial charge is 0.299 e. The standard InChI is InChI=1S/C19H24N2O3S/c1-15(2)14-25(23,24)21-18-8-5-16(6-9-18)12-19(22)10-7-17-4-3-11-20-13-17/h3-6,8-9,11,13,15,21H,7,10,12,14H2,1-2H3. The van der Waals surface area contributed by atoms with E-state index >= 15 is 0 Å². The lowest BCUT2D eigenvalue weighted by molar-refractivity contribution is -0.118. The molecule has 0 atom stereocenters. The first-order valence-electron chi connectivity index (χ1n) is 8.34. The van der Waals surface area contributed by atoms with Crippen LogP contribution in [0.2, 0.25) is 0 Å². The molecular weight excluding hydrogens is 336 g/mol. The molecule has 0 bridgehead atoms. The fourth-order valence-electron chi connectivity index (χ4n) is 2.50. The van der Waals surface area contributed by atoms with E-state index in [9.17, 15) is 13.2 Å². The third-order valence-electron chi connectivity index (χ3n) is 3.60. The van der Waals surface area contributed by atoms with Crippen LogP contribution in [0.4, 0.5) is 5.69 Å². The number of aromatic nitrogens is 1. The van der Waals surface area contributed by atoms with Gasteiger partial charge in [-0.05, 0) is 41.7 Å². The summed E-state index contributed by atoms with van der Waals surface area (Å²) < 4.78 is 26.4. The van der Waals surface area contributed by atoms with E-state index in [0.29, 0.717) is 24.9 Å². The van der Waals surface area contributed by atoms with Gasteiger partial charge in [-0.15, -0.1) is 0 Å². The molecule has 0 amide bonds. The Morgan fingerprint density at radius 1 is 1.12 bits per heavy atom. The van der Waals surface area contributed by atoms with Crippen molar-refractivity contribution in [3.8, 4) is 0 Å². The Kier molecular flexibility index (Phi) is 6.70. The van der Waals surface area contributed by atoms with Crippen LogP contribution in [0.5, 0.6) is 0 Å². The third-order valence-corrected chi connectivity index (χ3v) is 5.25. The minimum absolute atomic E-state index is 0.0641. The average molecular weight is 360 g/mol. The molecule has 0 aliphatic rings. The molecule has 2 rings (SSSR count). The van der Waals surface area contributed by atoms with Crippen molar-refractivity contribution >= 4 is 21.5 Å². The van der Waals surface area contributed by atoms with Crippen molar-refractivity contribution in [2.75, 3.05) is 10.5 Å². The molecule has 0 aliphatic heterocycles. The molecule has 0 radical (unpaired) electrons. The van der Waals surface area contributed by atoms with Gasteiger partial charge >= 0.3 is 0 Å². The van der Waals surface area contributed by atoms with Crippen LogP contribution in [0.15, 0.2) is 48.8 Å². The number of nitrogens with zero attached hydrogens (tertiary/aromatic N) is 1. The molecule has 1 heterocycles. The smallest absolute Gasteiger partial charge is 0.232 e. The molecule has 1 aromatic heterocycles. The van der Waals surface area contributed by atoms with Crippen molar-refractivity contribution in [3.05, 3.63) is 59.9 Å². The minimum Gasteiger partial charge on any atom is -0.299 e. The molecule has 5 nitrogen and oxygen atoms in total. The molecular formula is C19H24N2O3S. The number of pyridine rings is 1. The van der Waals surface area contributed by atoms with Gasteiger partial charge in [0.2, 0.25) is 10.0 Å². The van der Waals surface area contributed by atoms with E-state index in [4.69, 9.17) is 0 Å². The highest BCUT2D eigenvalue weighted by Crippen LogP contribution is 2.14. The number of hydrogen-bond donors (Lipinski definition) is 1. The lowest BCUT2D eigenvalue weighted by Crippen LogP contribution is -2.20. The van der Waals surface area contributed by atoms with E-state index in [1.165, 1.54) is 0 Å². The maximum atomic E-state index is 12.1. The number of hydrogen-bond acceptors (Lipinski definition) is 4. The zero-order valence-corrected chi connectivity index (χ0v) is 15.4. The highest BCUT2D eigenvalue weighted by Gasteiger charge is 2.13. The van der Waals surface area contributed by atoms with E-state index < -0.39 is 10.0 Å². The molecule has 0 spiro atoms. The summed E-state index contributed by atoms with van der Waals surface area (Å²) in [6.45, 7) is 3.72. The topological polar surface area (TPSA) is 76.1 Å². The number of sulfonamides is 1. The van der Waals surface area contributed by atoms with Gasteiger partial charge in [-0.3, -0.25) is 14.5 Å². The molecule has 1 aromatic carbocycles. The van der Waals surface area contributed by atoms with Gasteiger partial charge in [-0.25, -0.2) is 8.42 Å². The summed E-state index contributed by atoms with van der Waals surface area (Å²) in [4.78, 5) is 16.1. The van der Waals surface area contributed by atoms with Crippen molar-refractivity contribution in [2.45, 2.75) is 33.1 Å². The predicted octanol–water partition coefficient (Wildman–Crippen LogP) is 3.22. The Morgan fingerprint density at radius 3 is 2.44 bits per heavy atom. The highest BCUT2D eigenvalue weighted by molar-refractivity contribution is 7.92. The quantitative estimate of drug-likeness (QED) is 0.745. The number of Topliss-reactive ketones (excluding diaryl/α,β-unsaturated/α-hetero) is 1. The summed E-state index contributed by atoms with van der Waals surface area (Å²) in [5.74, 6) is 0.299. The molecule has 2 aromatic rings. The first-order chi connectivity index (χ1) is 11.8. The maximum absolute atomic E-state index is 12.1. The molecule has 0 fully saturated rings. The summed E-state index contributed by atoms with van der Waals surface area (Å²) in [5.41, 5.74) is 2.45. The fraction of sp³-hybridized carbons (Fsp3) is 0.368. The van der Waals surface area contributed by atoms with E-state index in [2.05, 4.69) is 9.71 Å². The number of aryl methyl sites for hydroxylation is 1. The lowest BCUT2D eigenvalue weighted by atomic mass is 10.0. The minimum atomic E-state index is -3.33. The van der Waals surface area contributed by atoms with Crippen LogP contribution in [0.25, 0.3) is 0 Å². The Labute approximate surface area is 149 Å². The molecule has 6 heteroatoms. The number of carbonyl (C=O) groups is 1. The van der Waals surface area contributed by atoms with Crippen LogP contribution in [0.3, 0.4) is 0 Å². The molecule has 134 valence electrons. The number of nitrogens with one attached hydrogen (secondary N) is 1. The molecule has 25 heavy (non-hydrogen) atoms. The van der Waals surface area contributed by atoms with Crippen LogP contribution in [0.1, 0.15) is 31.4 Å². The second-order valence-corrected chi connectivity index (χ2v) is 8.32. The van der Waals surface area contributed by atoms with Gasteiger partial charge < -0.3 is 0 Å². The Bertz CT molecular complexity index is 785. The zero-order valence-electron chi connectivity index (χ0n) is 14.6. The van der Waals surface area contributed by atoms with Crippen LogP contribution in [0, 0.1) is 5.92 Å². The van der Waals surface area contributed by atoms with Crippen molar-refractivity contribution in [3.63, 3.8) is 0 Å². The van der Waals surface area contributed by atoms with Gasteiger partial charge in [0.15, 0.2) is 0 Å². The number of ketones is 1. The first-order valence-corrected chi connectivity index (χ1v) is 9.99. The monoisotopic (exact) mass is 360 g/mol. The summed E-state index contributed by atoms with van der Waals surface area (Å²) in [5, 5.41) is 0. The SMILES string of the molecule is CC(C)CS(=O)(=O)Nc1ccc(CC(=O)CCc2cccnc2)cc1. The van der Waals surface area contributed by atoms with Crippen molar-refractivity contribution in [1.29, 1.82) is 0 Å². The first kappa shape index (κ1) is 19.1. The molecule has 0 unspecified atom stereocenters. The van der Waals surface area contributed by atoms with E-state index in [1.807, 2.05) is 26.0 Å². The van der Waals surface area contributed by atoms with E-state index in [-0.39, 0.29) is 17.5 Å². The van der Waals surface area contributed by atoms with Gasteiger partial charge in [-0.1, -0.05) is 32.0 Å². The van der Waals surface area contributed by atoms with Gasteiger partial charge in [-0.2, -0.15) is 0 Å². The normalized spacial score (nSPS) is 11.5. The summed E-state index contributed by atoms with van der Waals surface area (Å²) in [6, 6.07) is 10.8. The van der Waals surface area contributed by atoms with Crippen molar-refractivity contribution in [1.82, 2.24) is 4.98 Å². The van der Waals surface area contributed by atoms with Gasteiger partial charge in [0.1, 0.15) is 5.78 Å². The summed E-state index contributed by atoms with van der Waals surface area (Å²) in [7, 11) is -3.33. The Morgan fingerprint density at radius 2 is 1.84 bits per heavy atom. The van der Waals surface area contributed by atoms with Crippen LogP contribution in [-0.4, -0.2) is 24.9 Å². The molecule has 0 saturated carbocycles. The zero-order chi connectivity index (χ0) is 18.3. The fourth-order valence-corrected chi connectivity index (χ4v) is 3.95. The van der Waals surface area contributed by atoms with E-state index in [0.717, 1.165) is 11.1 Å². The van der Waals surface area contributed by atoms with Crippen molar-refractivity contribution in [2.24, 2.45) is 5.92 Å². The highest BCUT2D eigenvalue weighted by atomic mass is 32.2. The molecule has 1 N–H and O–H groups in total. The van der Waals surface area contributed by atoms with Crippen LogP contribution in [-0.2, 0) is 27.7 Å². The number of carbonyl (C=O) groups excluding carboxylic acids is 1. The number of benzene rings is 1. The number of rotatable bonds is 9. The Hall–Kier alpha value is -2.21. The predicted molar refractivity (Wildman–Crippen MR) is 100.0 cm³/mol. The summed E-state index contributed by atoms with van der Waals surface area (Å²) in [6.07, 6.45) is 4.97. The lowest BCUT2D eigenvalue weighted by Gasteiger charge is -2.10. The van der Waals surface area contributed by atoms with Crippen LogP contribution < -0.4 is 4.72 Å². The third kappa shape index (κ3) is 7.05. The van der Waals surface area contributed by atoms with Gasteiger partial charge in [0, 0.05) is 30.9 Å². The van der Waals surface area contributed by atoms with Crippen molar-refractivity contribution < 1.29 is 13.2 Å². The second-order valence-electron chi connectivity index (χ2n) is 6.55. The van der Waals surface area contributed by atoms with Gasteiger partial charge in [0.05, 0.1) is 5.75 Å². The molecule has 0 saturated heterocycles. The van der Waals surface area contributed by atoms with E-state index in [1.54, 1.807) is 36.7 Å². The molecule has 0 aliphatic carbocycles. The Balaban J connectivity index is 1.86. The maximum Gasteiger partial charge on any atom is 0.232 e. The number of anilines is 1. The second kappa shape index (κ2) is 8.76. The summed E-state index contributed by atoms with van der Waals surface area (Å²) >= 11 is 0. The average Bonchev–Trinajstić information content (AvgIpc) is 2.54. The van der Waals surface area contributed by atoms with Gasteiger partial charge in [0.25, 0.3) is 0 Å².